The zero-order chi connectivity index (χ0) is 13.4. The summed E-state index contributed by atoms with van der Waals surface area (Å²) in [5.41, 5.74) is 1.01. The maximum atomic E-state index is 11.0. The Balaban J connectivity index is 2.05. The van der Waals surface area contributed by atoms with E-state index in [4.69, 9.17) is 0 Å². The molecule has 1 unspecified atom stereocenters. The van der Waals surface area contributed by atoms with Crippen LogP contribution in [0, 0.1) is 16.0 Å². The molecule has 1 aromatic carbocycles. The molecule has 0 aliphatic heterocycles. The Labute approximate surface area is 110 Å². The number of non-ortho nitro benzene ring substituents is 1. The molecule has 19 heavy (non-hydrogen) atoms. The maximum absolute atomic E-state index is 11.0. The van der Waals surface area contributed by atoms with Gasteiger partial charge in [-0.05, 0) is 42.2 Å². The van der Waals surface area contributed by atoms with Crippen LogP contribution in [0.2, 0.25) is 0 Å². The van der Waals surface area contributed by atoms with Crippen LogP contribution in [0.4, 0.5) is 5.69 Å². The van der Waals surface area contributed by atoms with Crippen LogP contribution in [0.25, 0.3) is 10.8 Å². The van der Waals surface area contributed by atoms with Gasteiger partial charge >= 0.3 is 0 Å². The largest absolute Gasteiger partial charge is 0.392 e. The molecule has 1 saturated carbocycles. The number of hydrogen-bond donors (Lipinski definition) is 1. The third kappa shape index (κ3) is 2.29. The predicted molar refractivity (Wildman–Crippen MR) is 70.8 cm³/mol. The fourth-order valence-corrected chi connectivity index (χ4v) is 2.45. The summed E-state index contributed by atoms with van der Waals surface area (Å²) >= 11 is 0. The van der Waals surface area contributed by atoms with E-state index in [2.05, 4.69) is 4.98 Å². The number of nitro groups is 1. The van der Waals surface area contributed by atoms with Crippen LogP contribution in [-0.2, 0) is 6.42 Å². The van der Waals surface area contributed by atoms with Gasteiger partial charge in [-0.25, -0.2) is 0 Å². The number of aromatic nitrogens is 1. The topological polar surface area (TPSA) is 76.3 Å². The highest BCUT2D eigenvalue weighted by Crippen LogP contribution is 2.35. The zero-order valence-corrected chi connectivity index (χ0v) is 10.3. The van der Waals surface area contributed by atoms with Gasteiger partial charge in [-0.3, -0.25) is 15.1 Å². The number of rotatable bonds is 4. The van der Waals surface area contributed by atoms with Gasteiger partial charge in [-0.2, -0.15) is 0 Å². The van der Waals surface area contributed by atoms with Crippen molar-refractivity contribution in [2.75, 3.05) is 0 Å². The number of hydrogen-bond acceptors (Lipinski definition) is 4. The fraction of sp³-hybridized carbons (Fsp3) is 0.357. The van der Waals surface area contributed by atoms with E-state index in [1.807, 2.05) is 0 Å². The van der Waals surface area contributed by atoms with E-state index in [9.17, 15) is 15.2 Å². The first-order valence-corrected chi connectivity index (χ1v) is 6.35. The summed E-state index contributed by atoms with van der Waals surface area (Å²) < 4.78 is 0. The summed E-state index contributed by atoms with van der Waals surface area (Å²) in [6.45, 7) is 0. The summed E-state index contributed by atoms with van der Waals surface area (Å²) in [6.07, 6.45) is 5.49. The SMILES string of the molecule is O=[N+]([O-])c1ccc(CC(O)C2CC2)c2ccncc12. The monoisotopic (exact) mass is 258 g/mol. The van der Waals surface area contributed by atoms with Gasteiger partial charge in [0.2, 0.25) is 0 Å². The zero-order valence-electron chi connectivity index (χ0n) is 10.3. The standard InChI is InChI=1S/C14H14N2O3/c17-14(9-1-2-9)7-10-3-4-13(16(18)19)12-8-15-6-5-11(10)12/h3-6,8-9,14,17H,1-2,7H2. The molecule has 1 N–H and O–H groups in total. The number of nitrogens with zero attached hydrogens (tertiary/aromatic N) is 2. The number of aliphatic hydroxyl groups excluding tert-OH is 1. The molecular weight excluding hydrogens is 244 g/mol. The quantitative estimate of drug-likeness (QED) is 0.675. The molecule has 5 nitrogen and oxygen atoms in total. The smallest absolute Gasteiger partial charge is 0.278 e. The van der Waals surface area contributed by atoms with Crippen molar-refractivity contribution >= 4 is 16.5 Å². The molecule has 2 aromatic rings. The van der Waals surface area contributed by atoms with Gasteiger partial charge in [0.25, 0.3) is 5.69 Å². The second kappa shape index (κ2) is 4.59. The number of pyridine rings is 1. The van der Waals surface area contributed by atoms with E-state index in [1.165, 1.54) is 12.3 Å². The first-order valence-electron chi connectivity index (χ1n) is 6.35. The lowest BCUT2D eigenvalue weighted by Crippen LogP contribution is -2.13. The first-order chi connectivity index (χ1) is 9.16. The van der Waals surface area contributed by atoms with Crippen LogP contribution in [0.15, 0.2) is 30.6 Å². The lowest BCUT2D eigenvalue weighted by Gasteiger charge is -2.11. The van der Waals surface area contributed by atoms with Gasteiger partial charge in [0.1, 0.15) is 0 Å². The Morgan fingerprint density at radius 2 is 2.16 bits per heavy atom. The molecule has 1 aliphatic rings. The molecule has 0 amide bonds. The van der Waals surface area contributed by atoms with E-state index in [0.29, 0.717) is 17.7 Å². The number of nitro benzene ring substituents is 1. The summed E-state index contributed by atoms with van der Waals surface area (Å²) in [4.78, 5) is 14.6. The molecule has 1 aliphatic carbocycles. The van der Waals surface area contributed by atoms with Crippen LogP contribution in [0.1, 0.15) is 18.4 Å². The normalized spacial score (nSPS) is 16.5. The van der Waals surface area contributed by atoms with E-state index in [1.54, 1.807) is 18.3 Å². The van der Waals surface area contributed by atoms with Crippen LogP contribution in [0.5, 0.6) is 0 Å². The lowest BCUT2D eigenvalue weighted by atomic mass is 9.98. The Bertz CT molecular complexity index is 638. The third-order valence-corrected chi connectivity index (χ3v) is 3.68. The highest BCUT2D eigenvalue weighted by Gasteiger charge is 2.30. The van der Waals surface area contributed by atoms with Gasteiger partial charge in [-0.15, -0.1) is 0 Å². The van der Waals surface area contributed by atoms with Crippen molar-refractivity contribution in [3.8, 4) is 0 Å². The molecule has 1 aromatic heterocycles. The maximum Gasteiger partial charge on any atom is 0.278 e. The minimum absolute atomic E-state index is 0.0627. The van der Waals surface area contributed by atoms with E-state index >= 15 is 0 Å². The first kappa shape index (κ1) is 12.0. The Hall–Kier alpha value is -2.01. The van der Waals surface area contributed by atoms with Gasteiger partial charge in [-0.1, -0.05) is 6.07 Å². The third-order valence-electron chi connectivity index (χ3n) is 3.68. The fourth-order valence-electron chi connectivity index (χ4n) is 2.45. The highest BCUT2D eigenvalue weighted by atomic mass is 16.6. The lowest BCUT2D eigenvalue weighted by molar-refractivity contribution is -0.383. The Morgan fingerprint density at radius 3 is 2.84 bits per heavy atom. The van der Waals surface area contributed by atoms with Crippen LogP contribution >= 0.6 is 0 Å². The molecule has 0 spiro atoms. The molecule has 0 saturated heterocycles. The van der Waals surface area contributed by atoms with Gasteiger partial charge in [0.05, 0.1) is 16.4 Å². The highest BCUT2D eigenvalue weighted by molar-refractivity contribution is 5.92. The molecule has 1 fully saturated rings. The van der Waals surface area contributed by atoms with Crippen molar-refractivity contribution in [3.63, 3.8) is 0 Å². The van der Waals surface area contributed by atoms with Crippen molar-refractivity contribution in [2.24, 2.45) is 5.92 Å². The van der Waals surface area contributed by atoms with Gasteiger partial charge < -0.3 is 5.11 Å². The minimum Gasteiger partial charge on any atom is -0.392 e. The van der Waals surface area contributed by atoms with E-state index < -0.39 is 4.92 Å². The van der Waals surface area contributed by atoms with Crippen LogP contribution in [0.3, 0.4) is 0 Å². The molecule has 98 valence electrons. The Morgan fingerprint density at radius 1 is 1.37 bits per heavy atom. The van der Waals surface area contributed by atoms with E-state index in [-0.39, 0.29) is 11.8 Å². The number of fused-ring (bicyclic) bond motifs is 1. The molecule has 5 heteroatoms. The summed E-state index contributed by atoms with van der Waals surface area (Å²) in [5, 5.41) is 22.4. The molecule has 1 atom stereocenters. The predicted octanol–water partition coefficient (Wildman–Crippen LogP) is 2.46. The van der Waals surface area contributed by atoms with E-state index in [0.717, 1.165) is 23.8 Å². The average Bonchev–Trinajstić information content (AvgIpc) is 3.23. The summed E-state index contributed by atoms with van der Waals surface area (Å²) in [5.74, 6) is 0.395. The van der Waals surface area contributed by atoms with Crippen molar-refractivity contribution in [3.05, 3.63) is 46.3 Å². The second-order valence-corrected chi connectivity index (χ2v) is 5.03. The number of aliphatic hydroxyl groups is 1. The van der Waals surface area contributed by atoms with Crippen molar-refractivity contribution in [2.45, 2.75) is 25.4 Å². The second-order valence-electron chi connectivity index (χ2n) is 5.03. The Kier molecular flexibility index (Phi) is 2.91. The van der Waals surface area contributed by atoms with Crippen molar-refractivity contribution < 1.29 is 10.0 Å². The van der Waals surface area contributed by atoms with Gasteiger partial charge in [0.15, 0.2) is 0 Å². The molecule has 1 heterocycles. The molecule has 0 radical (unpaired) electrons. The van der Waals surface area contributed by atoms with Gasteiger partial charge in [0, 0.05) is 18.5 Å². The van der Waals surface area contributed by atoms with Crippen molar-refractivity contribution in [1.29, 1.82) is 0 Å². The molecule has 3 rings (SSSR count). The average molecular weight is 258 g/mol. The molecule has 0 bridgehead atoms. The van der Waals surface area contributed by atoms with Crippen LogP contribution in [-0.4, -0.2) is 21.1 Å². The summed E-state index contributed by atoms with van der Waals surface area (Å²) in [6, 6.07) is 5.02. The summed E-state index contributed by atoms with van der Waals surface area (Å²) in [7, 11) is 0. The number of benzene rings is 1. The van der Waals surface area contributed by atoms with Crippen LogP contribution < -0.4 is 0 Å². The van der Waals surface area contributed by atoms with Crippen molar-refractivity contribution in [1.82, 2.24) is 4.98 Å². The minimum atomic E-state index is -0.398. The molecular formula is C14H14N2O3.